The number of carbonyl (C=O) groups is 1. The number of amides is 1. The van der Waals surface area contributed by atoms with E-state index in [1.165, 1.54) is 12.1 Å². The molecule has 0 aliphatic carbocycles. The molecule has 3 rings (SSSR count). The van der Waals surface area contributed by atoms with Crippen molar-refractivity contribution in [2.75, 3.05) is 6.54 Å². The molecule has 0 unspecified atom stereocenters. The fraction of sp³-hybridized carbons (Fsp3) is 0.286. The largest absolute Gasteiger partial charge is 0.347 e. The normalized spacial score (nSPS) is 14.3. The van der Waals surface area contributed by atoms with Gasteiger partial charge in [-0.15, -0.1) is 0 Å². The molecule has 0 spiro atoms. The number of hydrogen-bond donors (Lipinski definition) is 1. The van der Waals surface area contributed by atoms with E-state index in [1.54, 1.807) is 23.4 Å². The van der Waals surface area contributed by atoms with Gasteiger partial charge in [-0.3, -0.25) is 4.79 Å². The van der Waals surface area contributed by atoms with Gasteiger partial charge in [-0.05, 0) is 17.7 Å². The molecule has 0 bridgehead atoms. The van der Waals surface area contributed by atoms with Crippen molar-refractivity contribution >= 4 is 5.91 Å². The van der Waals surface area contributed by atoms with Crippen molar-refractivity contribution in [1.82, 2.24) is 14.9 Å². The van der Waals surface area contributed by atoms with E-state index in [0.717, 1.165) is 17.8 Å². The zero-order chi connectivity index (χ0) is 13.2. The van der Waals surface area contributed by atoms with Crippen LogP contribution in [0.1, 0.15) is 17.0 Å². The molecule has 1 N–H and O–H groups in total. The van der Waals surface area contributed by atoms with Crippen molar-refractivity contribution in [2.24, 2.45) is 0 Å². The molecule has 19 heavy (non-hydrogen) atoms. The lowest BCUT2D eigenvalue weighted by Gasteiger charge is -2.26. The number of imidazole rings is 1. The van der Waals surface area contributed by atoms with Gasteiger partial charge in [0.25, 0.3) is 0 Å². The number of aromatic amines is 1. The maximum absolute atomic E-state index is 13.1. The average molecular weight is 259 g/mol. The van der Waals surface area contributed by atoms with Crippen LogP contribution >= 0.6 is 0 Å². The van der Waals surface area contributed by atoms with Crippen molar-refractivity contribution in [2.45, 2.75) is 19.4 Å². The van der Waals surface area contributed by atoms with Crippen molar-refractivity contribution in [3.05, 3.63) is 53.4 Å². The van der Waals surface area contributed by atoms with Crippen LogP contribution in [0.3, 0.4) is 0 Å². The number of nitrogens with one attached hydrogen (secondary N) is 1. The highest BCUT2D eigenvalue weighted by Gasteiger charge is 2.22. The van der Waals surface area contributed by atoms with Gasteiger partial charge in [-0.2, -0.15) is 0 Å². The van der Waals surface area contributed by atoms with Gasteiger partial charge in [0.2, 0.25) is 5.91 Å². The predicted octanol–water partition coefficient (Wildman–Crippen LogP) is 1.68. The third-order valence-corrected chi connectivity index (χ3v) is 3.37. The zero-order valence-electron chi connectivity index (χ0n) is 10.4. The minimum absolute atomic E-state index is 0.0193. The summed E-state index contributed by atoms with van der Waals surface area (Å²) in [6.07, 6.45) is 2.67. The van der Waals surface area contributed by atoms with Gasteiger partial charge in [-0.1, -0.05) is 12.1 Å². The summed E-state index contributed by atoms with van der Waals surface area (Å²) in [7, 11) is 0. The quantitative estimate of drug-likeness (QED) is 0.892. The summed E-state index contributed by atoms with van der Waals surface area (Å²) in [5.41, 5.74) is 2.74. The number of benzene rings is 1. The summed E-state index contributed by atoms with van der Waals surface area (Å²) in [4.78, 5) is 21.2. The Morgan fingerprint density at radius 3 is 3.21 bits per heavy atom. The first kappa shape index (κ1) is 11.9. The lowest BCUT2D eigenvalue weighted by atomic mass is 10.1. The van der Waals surface area contributed by atoms with Crippen LogP contribution in [0.2, 0.25) is 0 Å². The molecule has 0 fully saturated rings. The molecule has 4 nitrogen and oxygen atoms in total. The Kier molecular flexibility index (Phi) is 3.03. The number of H-pyrrole nitrogens is 1. The SMILES string of the molecule is O=C(Cc1cccc(F)c1)N1CCc2nc[nH]c2C1. The van der Waals surface area contributed by atoms with Crippen LogP contribution in [-0.4, -0.2) is 27.3 Å². The Labute approximate surface area is 110 Å². The first-order valence-electron chi connectivity index (χ1n) is 6.26. The van der Waals surface area contributed by atoms with Gasteiger partial charge >= 0.3 is 0 Å². The Hall–Kier alpha value is -2.17. The fourth-order valence-corrected chi connectivity index (χ4v) is 2.36. The molecule has 0 saturated carbocycles. The van der Waals surface area contributed by atoms with E-state index in [4.69, 9.17) is 0 Å². The minimum Gasteiger partial charge on any atom is -0.347 e. The molecule has 1 aliphatic heterocycles. The monoisotopic (exact) mass is 259 g/mol. The fourth-order valence-electron chi connectivity index (χ4n) is 2.36. The molecular formula is C14H14FN3O. The predicted molar refractivity (Wildman–Crippen MR) is 67.8 cm³/mol. The first-order chi connectivity index (χ1) is 9.22. The molecule has 1 amide bonds. The van der Waals surface area contributed by atoms with E-state index in [2.05, 4.69) is 9.97 Å². The van der Waals surface area contributed by atoms with E-state index >= 15 is 0 Å². The average Bonchev–Trinajstić information content (AvgIpc) is 2.85. The summed E-state index contributed by atoms with van der Waals surface area (Å²) in [5.74, 6) is -0.286. The summed E-state index contributed by atoms with van der Waals surface area (Å²) in [6, 6.07) is 6.18. The molecule has 1 aromatic heterocycles. The van der Waals surface area contributed by atoms with E-state index in [0.29, 0.717) is 18.7 Å². The molecule has 0 atom stereocenters. The first-order valence-corrected chi connectivity index (χ1v) is 6.26. The molecule has 5 heteroatoms. The summed E-state index contributed by atoms with van der Waals surface area (Å²) in [6.45, 7) is 1.23. The second-order valence-corrected chi connectivity index (χ2v) is 4.70. The van der Waals surface area contributed by atoms with Crippen LogP contribution in [0.15, 0.2) is 30.6 Å². The zero-order valence-corrected chi connectivity index (χ0v) is 10.4. The van der Waals surface area contributed by atoms with Gasteiger partial charge in [0.1, 0.15) is 5.82 Å². The number of hydrogen-bond acceptors (Lipinski definition) is 2. The van der Waals surface area contributed by atoms with Gasteiger partial charge in [0.15, 0.2) is 0 Å². The van der Waals surface area contributed by atoms with Crippen molar-refractivity contribution in [1.29, 1.82) is 0 Å². The number of aromatic nitrogens is 2. The van der Waals surface area contributed by atoms with Crippen LogP contribution in [0.4, 0.5) is 4.39 Å². The topological polar surface area (TPSA) is 49.0 Å². The van der Waals surface area contributed by atoms with Gasteiger partial charge < -0.3 is 9.88 Å². The number of rotatable bonds is 2. The van der Waals surface area contributed by atoms with E-state index in [9.17, 15) is 9.18 Å². The molecule has 1 aromatic carbocycles. The highest BCUT2D eigenvalue weighted by Crippen LogP contribution is 2.16. The third kappa shape index (κ3) is 2.50. The van der Waals surface area contributed by atoms with E-state index < -0.39 is 0 Å². The summed E-state index contributed by atoms with van der Waals surface area (Å²) >= 11 is 0. The number of halogens is 1. The summed E-state index contributed by atoms with van der Waals surface area (Å²) in [5, 5.41) is 0. The van der Waals surface area contributed by atoms with E-state index in [-0.39, 0.29) is 18.1 Å². The molecule has 0 saturated heterocycles. The molecule has 98 valence electrons. The van der Waals surface area contributed by atoms with Gasteiger partial charge in [-0.25, -0.2) is 9.37 Å². The van der Waals surface area contributed by atoms with Gasteiger partial charge in [0, 0.05) is 13.0 Å². The maximum atomic E-state index is 13.1. The minimum atomic E-state index is -0.306. The van der Waals surface area contributed by atoms with Crippen molar-refractivity contribution in [3.63, 3.8) is 0 Å². The molecule has 1 aliphatic rings. The van der Waals surface area contributed by atoms with E-state index in [1.807, 2.05) is 0 Å². The maximum Gasteiger partial charge on any atom is 0.227 e. The highest BCUT2D eigenvalue weighted by atomic mass is 19.1. The Balaban J connectivity index is 1.69. The van der Waals surface area contributed by atoms with Crippen molar-refractivity contribution in [3.8, 4) is 0 Å². The second kappa shape index (κ2) is 4.84. The van der Waals surface area contributed by atoms with Crippen LogP contribution in [0.25, 0.3) is 0 Å². The molecule has 2 heterocycles. The molecule has 0 radical (unpaired) electrons. The molecule has 2 aromatic rings. The Morgan fingerprint density at radius 1 is 1.47 bits per heavy atom. The van der Waals surface area contributed by atoms with Crippen LogP contribution in [0, 0.1) is 5.82 Å². The number of fused-ring (bicyclic) bond motifs is 1. The third-order valence-electron chi connectivity index (χ3n) is 3.37. The van der Waals surface area contributed by atoms with Crippen LogP contribution < -0.4 is 0 Å². The lowest BCUT2D eigenvalue weighted by molar-refractivity contribution is -0.131. The highest BCUT2D eigenvalue weighted by molar-refractivity contribution is 5.79. The number of nitrogens with zero attached hydrogens (tertiary/aromatic N) is 2. The standard InChI is InChI=1S/C14H14FN3O/c15-11-3-1-2-10(6-11)7-14(19)18-5-4-12-13(8-18)17-9-16-12/h1-3,6,9H,4-5,7-8H2,(H,16,17). The number of carbonyl (C=O) groups excluding carboxylic acids is 1. The van der Waals surface area contributed by atoms with Gasteiger partial charge in [0.05, 0.1) is 30.7 Å². The Morgan fingerprint density at radius 2 is 2.37 bits per heavy atom. The van der Waals surface area contributed by atoms with Crippen LogP contribution in [-0.2, 0) is 24.2 Å². The smallest absolute Gasteiger partial charge is 0.227 e. The Bertz CT molecular complexity index is 608. The second-order valence-electron chi connectivity index (χ2n) is 4.70. The van der Waals surface area contributed by atoms with Crippen LogP contribution in [0.5, 0.6) is 0 Å². The lowest BCUT2D eigenvalue weighted by Crippen LogP contribution is -2.37. The molecular weight excluding hydrogens is 245 g/mol. The van der Waals surface area contributed by atoms with Crippen molar-refractivity contribution < 1.29 is 9.18 Å². The summed E-state index contributed by atoms with van der Waals surface area (Å²) < 4.78 is 13.1.